The van der Waals surface area contributed by atoms with Crippen molar-refractivity contribution in [1.82, 2.24) is 14.6 Å². The average molecular weight is 424 g/mol. The van der Waals surface area contributed by atoms with E-state index in [2.05, 4.69) is 26.9 Å². The fourth-order valence-corrected chi connectivity index (χ4v) is 4.16. The Kier molecular flexibility index (Phi) is 4.78. The molecule has 0 spiro atoms. The van der Waals surface area contributed by atoms with Gasteiger partial charge in [-0.2, -0.15) is 5.10 Å². The summed E-state index contributed by atoms with van der Waals surface area (Å²) < 4.78 is 1.89. The van der Waals surface area contributed by atoms with Gasteiger partial charge >= 0.3 is 0 Å². The summed E-state index contributed by atoms with van der Waals surface area (Å²) in [5.41, 5.74) is 4.05. The van der Waals surface area contributed by atoms with Crippen LogP contribution < -0.4 is 9.80 Å². The Bertz CT molecular complexity index is 1160. The lowest BCUT2D eigenvalue weighted by atomic mass is 10.1. The van der Waals surface area contributed by atoms with Crippen LogP contribution in [0.1, 0.15) is 0 Å². The SMILES string of the molecule is Clc1cccc(-c2cc3c(N4CCN(c5cccc(Cl)c5)CC4)nccn3n2)c1. The zero-order chi connectivity index (χ0) is 19.8. The minimum atomic E-state index is 0.704. The van der Waals surface area contributed by atoms with Crippen molar-refractivity contribution in [2.45, 2.75) is 0 Å². The molecule has 7 heteroatoms. The molecule has 0 aliphatic carbocycles. The molecule has 146 valence electrons. The van der Waals surface area contributed by atoms with Gasteiger partial charge in [0.1, 0.15) is 5.52 Å². The van der Waals surface area contributed by atoms with E-state index in [-0.39, 0.29) is 0 Å². The Morgan fingerprint density at radius 3 is 2.28 bits per heavy atom. The van der Waals surface area contributed by atoms with Crippen LogP contribution >= 0.6 is 23.2 Å². The predicted octanol–water partition coefficient (Wildman–Crippen LogP) is 5.03. The Labute approximate surface area is 179 Å². The van der Waals surface area contributed by atoms with Crippen molar-refractivity contribution in [1.29, 1.82) is 0 Å². The summed E-state index contributed by atoms with van der Waals surface area (Å²) in [4.78, 5) is 9.34. The Hall–Kier alpha value is -2.76. The Balaban J connectivity index is 1.41. The highest BCUT2D eigenvalue weighted by Gasteiger charge is 2.21. The number of hydrogen-bond acceptors (Lipinski definition) is 4. The third kappa shape index (κ3) is 3.63. The summed E-state index contributed by atoms with van der Waals surface area (Å²) in [5.74, 6) is 0.957. The molecule has 3 heterocycles. The van der Waals surface area contributed by atoms with Crippen molar-refractivity contribution in [2.75, 3.05) is 36.0 Å². The predicted molar refractivity (Wildman–Crippen MR) is 119 cm³/mol. The van der Waals surface area contributed by atoms with Gasteiger partial charge in [0.15, 0.2) is 5.82 Å². The number of aromatic nitrogens is 3. The number of fused-ring (bicyclic) bond motifs is 1. The molecule has 1 saturated heterocycles. The van der Waals surface area contributed by atoms with Crippen LogP contribution in [0.4, 0.5) is 11.5 Å². The topological polar surface area (TPSA) is 36.7 Å². The first-order valence-corrected chi connectivity index (χ1v) is 10.3. The molecule has 5 rings (SSSR count). The van der Waals surface area contributed by atoms with E-state index in [0.29, 0.717) is 5.02 Å². The number of rotatable bonds is 3. The molecule has 2 aromatic heterocycles. The molecule has 0 radical (unpaired) electrons. The van der Waals surface area contributed by atoms with Gasteiger partial charge in [-0.05, 0) is 36.4 Å². The van der Waals surface area contributed by atoms with E-state index in [4.69, 9.17) is 28.3 Å². The third-order valence-corrected chi connectivity index (χ3v) is 5.71. The second-order valence-corrected chi connectivity index (χ2v) is 7.95. The molecule has 0 N–H and O–H groups in total. The molecule has 1 fully saturated rings. The second-order valence-electron chi connectivity index (χ2n) is 7.07. The highest BCUT2D eigenvalue weighted by atomic mass is 35.5. The quantitative estimate of drug-likeness (QED) is 0.462. The van der Waals surface area contributed by atoms with Crippen LogP contribution in [0.2, 0.25) is 10.0 Å². The standard InChI is InChI=1S/C22H19Cl2N5/c23-17-4-1-3-16(13-17)20-15-21-22(25-7-8-29(21)26-20)28-11-9-27(10-12-28)19-6-2-5-18(24)14-19/h1-8,13-15H,9-12H2. The molecular weight excluding hydrogens is 405 g/mol. The molecule has 0 atom stereocenters. The molecule has 0 saturated carbocycles. The van der Waals surface area contributed by atoms with E-state index >= 15 is 0 Å². The van der Waals surface area contributed by atoms with E-state index in [9.17, 15) is 0 Å². The number of halogens is 2. The lowest BCUT2D eigenvalue weighted by Gasteiger charge is -2.36. The maximum atomic E-state index is 6.15. The number of nitrogens with zero attached hydrogens (tertiary/aromatic N) is 5. The van der Waals surface area contributed by atoms with Crippen molar-refractivity contribution in [3.63, 3.8) is 0 Å². The van der Waals surface area contributed by atoms with Gasteiger partial charge in [-0.25, -0.2) is 9.50 Å². The first kappa shape index (κ1) is 18.3. The summed E-state index contributed by atoms with van der Waals surface area (Å²) in [6, 6.07) is 17.9. The highest BCUT2D eigenvalue weighted by Crippen LogP contribution is 2.28. The summed E-state index contributed by atoms with van der Waals surface area (Å²) in [7, 11) is 0. The van der Waals surface area contributed by atoms with Gasteiger partial charge in [0, 0.05) is 59.9 Å². The number of anilines is 2. The van der Waals surface area contributed by atoms with Crippen molar-refractivity contribution < 1.29 is 0 Å². The van der Waals surface area contributed by atoms with Gasteiger partial charge in [0.25, 0.3) is 0 Å². The molecule has 0 amide bonds. The van der Waals surface area contributed by atoms with E-state index in [1.807, 2.05) is 53.2 Å². The highest BCUT2D eigenvalue weighted by molar-refractivity contribution is 6.31. The average Bonchev–Trinajstić information content (AvgIpc) is 3.18. The first-order valence-electron chi connectivity index (χ1n) is 9.53. The van der Waals surface area contributed by atoms with E-state index in [1.54, 1.807) is 6.20 Å². The minimum Gasteiger partial charge on any atom is -0.368 e. The monoisotopic (exact) mass is 423 g/mol. The van der Waals surface area contributed by atoms with E-state index in [1.165, 1.54) is 0 Å². The second kappa shape index (κ2) is 7.58. The van der Waals surface area contributed by atoms with Crippen LogP contribution in [0.15, 0.2) is 67.0 Å². The van der Waals surface area contributed by atoms with Crippen LogP contribution in [0.25, 0.3) is 16.8 Å². The van der Waals surface area contributed by atoms with Crippen molar-refractivity contribution in [3.8, 4) is 11.3 Å². The molecule has 4 aromatic rings. The van der Waals surface area contributed by atoms with Crippen LogP contribution in [-0.2, 0) is 0 Å². The van der Waals surface area contributed by atoms with Gasteiger partial charge < -0.3 is 9.80 Å². The van der Waals surface area contributed by atoms with Gasteiger partial charge in [-0.15, -0.1) is 0 Å². The van der Waals surface area contributed by atoms with E-state index < -0.39 is 0 Å². The molecular formula is C22H19Cl2N5. The molecule has 29 heavy (non-hydrogen) atoms. The van der Waals surface area contributed by atoms with Gasteiger partial charge in [-0.1, -0.05) is 41.4 Å². The van der Waals surface area contributed by atoms with Gasteiger partial charge in [-0.3, -0.25) is 0 Å². The number of piperazine rings is 1. The third-order valence-electron chi connectivity index (χ3n) is 5.24. The smallest absolute Gasteiger partial charge is 0.154 e. The largest absolute Gasteiger partial charge is 0.368 e. The van der Waals surface area contributed by atoms with Crippen LogP contribution in [0.3, 0.4) is 0 Å². The molecule has 1 aliphatic heterocycles. The Morgan fingerprint density at radius 1 is 0.793 bits per heavy atom. The maximum Gasteiger partial charge on any atom is 0.154 e. The van der Waals surface area contributed by atoms with Crippen LogP contribution in [0.5, 0.6) is 0 Å². The summed E-state index contributed by atoms with van der Waals surface area (Å²) >= 11 is 12.3. The number of hydrogen-bond donors (Lipinski definition) is 0. The number of benzene rings is 2. The van der Waals surface area contributed by atoms with Crippen molar-refractivity contribution in [2.24, 2.45) is 0 Å². The maximum absolute atomic E-state index is 6.15. The fraction of sp³-hybridized carbons (Fsp3) is 0.182. The lowest BCUT2D eigenvalue weighted by molar-refractivity contribution is 0.647. The summed E-state index contributed by atoms with van der Waals surface area (Å²) in [5, 5.41) is 6.19. The van der Waals surface area contributed by atoms with E-state index in [0.717, 1.165) is 59.5 Å². The fourth-order valence-electron chi connectivity index (χ4n) is 3.79. The Morgan fingerprint density at radius 2 is 1.52 bits per heavy atom. The zero-order valence-corrected chi connectivity index (χ0v) is 17.2. The molecule has 0 unspecified atom stereocenters. The minimum absolute atomic E-state index is 0.704. The molecule has 0 bridgehead atoms. The van der Waals surface area contributed by atoms with Crippen LogP contribution in [0, 0.1) is 0 Å². The zero-order valence-electron chi connectivity index (χ0n) is 15.7. The van der Waals surface area contributed by atoms with Crippen LogP contribution in [-0.4, -0.2) is 40.8 Å². The van der Waals surface area contributed by atoms with Crippen molar-refractivity contribution >= 4 is 40.2 Å². The van der Waals surface area contributed by atoms with Gasteiger partial charge in [0.2, 0.25) is 0 Å². The lowest BCUT2D eigenvalue weighted by Crippen LogP contribution is -2.47. The first-order chi connectivity index (χ1) is 14.2. The van der Waals surface area contributed by atoms with Gasteiger partial charge in [0.05, 0.1) is 5.69 Å². The molecule has 2 aromatic carbocycles. The normalized spacial score (nSPS) is 14.6. The summed E-state index contributed by atoms with van der Waals surface area (Å²) in [6.45, 7) is 3.60. The molecule has 1 aliphatic rings. The molecule has 5 nitrogen and oxygen atoms in total. The summed E-state index contributed by atoms with van der Waals surface area (Å²) in [6.07, 6.45) is 3.69. The van der Waals surface area contributed by atoms with Crippen molar-refractivity contribution in [3.05, 3.63) is 77.0 Å².